The number of hydrogen-bond donors (Lipinski definition) is 1. The molecule has 5 nitrogen and oxygen atoms in total. The van der Waals surface area contributed by atoms with E-state index in [1.807, 2.05) is 11.0 Å². The van der Waals surface area contributed by atoms with E-state index in [1.165, 1.54) is 12.3 Å². The van der Waals surface area contributed by atoms with Gasteiger partial charge in [-0.1, -0.05) is 0 Å². The van der Waals surface area contributed by atoms with Crippen LogP contribution < -0.4 is 10.2 Å². The number of hydrogen-bond acceptors (Lipinski definition) is 4. The van der Waals surface area contributed by atoms with Crippen LogP contribution in [-0.4, -0.2) is 30.0 Å². The van der Waals surface area contributed by atoms with Crippen LogP contribution in [0.3, 0.4) is 0 Å². The molecule has 1 amide bonds. The van der Waals surface area contributed by atoms with Gasteiger partial charge in [0.05, 0.1) is 22.9 Å². The number of carbonyl (C=O) groups is 1. The first-order valence-electron chi connectivity index (χ1n) is 7.83. The van der Waals surface area contributed by atoms with Gasteiger partial charge in [-0.05, 0) is 43.2 Å². The molecule has 1 aliphatic rings. The first kappa shape index (κ1) is 15.9. The topological polar surface area (TPSA) is 69.0 Å². The summed E-state index contributed by atoms with van der Waals surface area (Å²) in [6.45, 7) is 1.26. The van der Waals surface area contributed by atoms with E-state index in [4.69, 9.17) is 5.26 Å². The monoisotopic (exact) mass is 324 g/mol. The third kappa shape index (κ3) is 3.51. The highest BCUT2D eigenvalue weighted by molar-refractivity contribution is 5.94. The lowest BCUT2D eigenvalue weighted by molar-refractivity contribution is 0.0933. The summed E-state index contributed by atoms with van der Waals surface area (Å²) in [7, 11) is 0. The average Bonchev–Trinajstić information content (AvgIpc) is 2.62. The Balaban J connectivity index is 1.69. The lowest BCUT2D eigenvalue weighted by Crippen LogP contribution is -2.48. The van der Waals surface area contributed by atoms with Crippen molar-refractivity contribution in [3.05, 3.63) is 59.7 Å². The van der Waals surface area contributed by atoms with Crippen molar-refractivity contribution < 1.29 is 9.18 Å². The smallest absolute Gasteiger partial charge is 0.253 e. The SMILES string of the molecule is N#Cc1ccc(N2CCC[C@@H](NC(=O)c3cccnc3)C2)c(F)c1. The molecule has 1 saturated heterocycles. The van der Waals surface area contributed by atoms with Gasteiger partial charge in [0.15, 0.2) is 0 Å². The minimum atomic E-state index is -0.409. The van der Waals surface area contributed by atoms with Gasteiger partial charge in [0.2, 0.25) is 0 Å². The van der Waals surface area contributed by atoms with Crippen LogP contribution in [0.1, 0.15) is 28.8 Å². The fourth-order valence-corrected chi connectivity index (χ4v) is 2.91. The number of nitrogens with one attached hydrogen (secondary N) is 1. The summed E-state index contributed by atoms with van der Waals surface area (Å²) in [6, 6.07) is 9.78. The third-order valence-corrected chi connectivity index (χ3v) is 4.10. The van der Waals surface area contributed by atoms with Crippen molar-refractivity contribution in [2.24, 2.45) is 0 Å². The molecule has 1 N–H and O–H groups in total. The molecule has 6 heteroatoms. The minimum absolute atomic E-state index is 0.0542. The van der Waals surface area contributed by atoms with Gasteiger partial charge < -0.3 is 10.2 Å². The van der Waals surface area contributed by atoms with Crippen LogP contribution in [0.5, 0.6) is 0 Å². The fraction of sp³-hybridized carbons (Fsp3) is 0.278. The molecule has 24 heavy (non-hydrogen) atoms. The molecule has 0 aliphatic carbocycles. The Morgan fingerprint density at radius 1 is 1.42 bits per heavy atom. The predicted molar refractivity (Wildman–Crippen MR) is 88.1 cm³/mol. The number of carbonyl (C=O) groups excluding carboxylic acids is 1. The number of halogens is 1. The molecule has 0 radical (unpaired) electrons. The Morgan fingerprint density at radius 2 is 2.29 bits per heavy atom. The van der Waals surface area contributed by atoms with Crippen molar-refractivity contribution in [2.45, 2.75) is 18.9 Å². The summed E-state index contributed by atoms with van der Waals surface area (Å²) < 4.78 is 14.2. The van der Waals surface area contributed by atoms with Gasteiger partial charge in [0, 0.05) is 31.5 Å². The molecule has 1 aromatic carbocycles. The average molecular weight is 324 g/mol. The lowest BCUT2D eigenvalue weighted by atomic mass is 10.0. The molecule has 0 spiro atoms. The van der Waals surface area contributed by atoms with Crippen LogP contribution in [0.2, 0.25) is 0 Å². The van der Waals surface area contributed by atoms with E-state index < -0.39 is 5.82 Å². The first-order valence-corrected chi connectivity index (χ1v) is 7.83. The highest BCUT2D eigenvalue weighted by Crippen LogP contribution is 2.24. The van der Waals surface area contributed by atoms with Gasteiger partial charge in [-0.25, -0.2) is 4.39 Å². The molecule has 0 unspecified atom stereocenters. The second-order valence-electron chi connectivity index (χ2n) is 5.78. The summed E-state index contributed by atoms with van der Waals surface area (Å²) in [5.41, 5.74) is 1.28. The molecule has 1 fully saturated rings. The molecular formula is C18H17FN4O. The zero-order valence-corrected chi connectivity index (χ0v) is 13.1. The lowest BCUT2D eigenvalue weighted by Gasteiger charge is -2.35. The molecule has 1 aliphatic heterocycles. The Labute approximate surface area is 139 Å². The zero-order valence-electron chi connectivity index (χ0n) is 13.1. The standard InChI is InChI=1S/C18H17FN4O/c19-16-9-13(10-20)5-6-17(16)23-8-2-4-15(12-23)22-18(24)14-3-1-7-21-11-14/h1,3,5-7,9,11,15H,2,4,8,12H2,(H,22,24)/t15-/m1/s1. The Morgan fingerprint density at radius 3 is 3.00 bits per heavy atom. The van der Waals surface area contributed by atoms with Crippen LogP contribution in [-0.2, 0) is 0 Å². The molecule has 1 aromatic heterocycles. The summed E-state index contributed by atoms with van der Waals surface area (Å²) in [5, 5.41) is 11.8. The summed E-state index contributed by atoms with van der Waals surface area (Å²) >= 11 is 0. The van der Waals surface area contributed by atoms with Gasteiger partial charge >= 0.3 is 0 Å². The van der Waals surface area contributed by atoms with Crippen molar-refractivity contribution in [1.82, 2.24) is 10.3 Å². The first-order chi connectivity index (χ1) is 11.7. The van der Waals surface area contributed by atoms with Gasteiger partial charge in [0.25, 0.3) is 5.91 Å². The van der Waals surface area contributed by atoms with E-state index in [2.05, 4.69) is 10.3 Å². The highest BCUT2D eigenvalue weighted by atomic mass is 19.1. The van der Waals surface area contributed by atoms with Crippen LogP contribution in [0.25, 0.3) is 0 Å². The van der Waals surface area contributed by atoms with Crippen LogP contribution in [0.15, 0.2) is 42.7 Å². The number of anilines is 1. The van der Waals surface area contributed by atoms with Crippen LogP contribution >= 0.6 is 0 Å². The maximum Gasteiger partial charge on any atom is 0.253 e. The number of piperidine rings is 1. The normalized spacial score (nSPS) is 17.2. The zero-order chi connectivity index (χ0) is 16.9. The second-order valence-corrected chi connectivity index (χ2v) is 5.78. The van der Waals surface area contributed by atoms with E-state index >= 15 is 0 Å². The number of aromatic nitrogens is 1. The number of pyridine rings is 1. The Hall–Kier alpha value is -2.94. The van der Waals surface area contributed by atoms with Crippen molar-refractivity contribution in [2.75, 3.05) is 18.0 Å². The van der Waals surface area contributed by atoms with Crippen molar-refractivity contribution in [1.29, 1.82) is 5.26 Å². The molecule has 2 aromatic rings. The molecule has 0 saturated carbocycles. The maximum absolute atomic E-state index is 14.2. The molecule has 122 valence electrons. The van der Waals surface area contributed by atoms with E-state index in [0.717, 1.165) is 19.4 Å². The van der Waals surface area contributed by atoms with Gasteiger partial charge in [0.1, 0.15) is 5.82 Å². The predicted octanol–water partition coefficient (Wildman–Crippen LogP) is 2.49. The van der Waals surface area contributed by atoms with E-state index in [-0.39, 0.29) is 11.9 Å². The van der Waals surface area contributed by atoms with Crippen molar-refractivity contribution in [3.63, 3.8) is 0 Å². The number of benzene rings is 1. The van der Waals surface area contributed by atoms with E-state index in [9.17, 15) is 9.18 Å². The Bertz CT molecular complexity index is 772. The summed E-state index contributed by atoms with van der Waals surface area (Å²) in [4.78, 5) is 18.1. The molecular weight excluding hydrogens is 307 g/mol. The summed E-state index contributed by atoms with van der Waals surface area (Å²) in [5.74, 6) is -0.580. The van der Waals surface area contributed by atoms with Crippen LogP contribution in [0.4, 0.5) is 10.1 Å². The largest absolute Gasteiger partial charge is 0.367 e. The second kappa shape index (κ2) is 7.09. The number of nitriles is 1. The van der Waals surface area contributed by atoms with Crippen molar-refractivity contribution >= 4 is 11.6 Å². The molecule has 0 bridgehead atoms. The number of rotatable bonds is 3. The highest BCUT2D eigenvalue weighted by Gasteiger charge is 2.23. The maximum atomic E-state index is 14.2. The summed E-state index contributed by atoms with van der Waals surface area (Å²) in [6.07, 6.45) is 4.85. The van der Waals surface area contributed by atoms with E-state index in [0.29, 0.717) is 23.4 Å². The third-order valence-electron chi connectivity index (χ3n) is 4.10. The molecule has 3 rings (SSSR count). The minimum Gasteiger partial charge on any atom is -0.367 e. The molecule has 1 atom stereocenters. The number of nitrogens with zero attached hydrogens (tertiary/aromatic N) is 3. The van der Waals surface area contributed by atoms with Crippen LogP contribution in [0, 0.1) is 17.1 Å². The fourth-order valence-electron chi connectivity index (χ4n) is 2.91. The number of amides is 1. The van der Waals surface area contributed by atoms with Gasteiger partial charge in [-0.15, -0.1) is 0 Å². The Kier molecular flexibility index (Phi) is 4.71. The quantitative estimate of drug-likeness (QED) is 0.942. The van der Waals surface area contributed by atoms with Gasteiger partial charge in [-0.2, -0.15) is 5.26 Å². The van der Waals surface area contributed by atoms with Gasteiger partial charge in [-0.3, -0.25) is 9.78 Å². The van der Waals surface area contributed by atoms with Crippen molar-refractivity contribution in [3.8, 4) is 6.07 Å². The molecule has 2 heterocycles. The van der Waals surface area contributed by atoms with E-state index in [1.54, 1.807) is 30.5 Å².